The van der Waals surface area contributed by atoms with Crippen molar-refractivity contribution in [1.82, 2.24) is 5.32 Å². The van der Waals surface area contributed by atoms with Crippen molar-refractivity contribution >= 4 is 5.97 Å². The standard InChI is InChI=1S/C20H23NO2/c22-20(23)17-11-9-15(10-12-17)14-21-19-8-4-7-18(13-19)16-5-2-1-3-6-16/h1-3,5-6,9-12,18-19,21H,4,7-8,13-14H2,(H,22,23). The maximum Gasteiger partial charge on any atom is 0.335 e. The molecule has 1 aliphatic carbocycles. The van der Waals surface area contributed by atoms with Gasteiger partial charge in [-0.1, -0.05) is 48.9 Å². The fourth-order valence-electron chi connectivity index (χ4n) is 3.43. The molecule has 3 rings (SSSR count). The fourth-order valence-corrected chi connectivity index (χ4v) is 3.43. The lowest BCUT2D eigenvalue weighted by atomic mass is 9.81. The van der Waals surface area contributed by atoms with Gasteiger partial charge in [0.25, 0.3) is 0 Å². The summed E-state index contributed by atoms with van der Waals surface area (Å²) in [7, 11) is 0. The minimum Gasteiger partial charge on any atom is -0.478 e. The monoisotopic (exact) mass is 309 g/mol. The van der Waals surface area contributed by atoms with Crippen LogP contribution in [0.5, 0.6) is 0 Å². The second-order valence-corrected chi connectivity index (χ2v) is 6.35. The predicted molar refractivity (Wildman–Crippen MR) is 91.7 cm³/mol. The number of rotatable bonds is 5. The number of hydrogen-bond acceptors (Lipinski definition) is 2. The summed E-state index contributed by atoms with van der Waals surface area (Å²) in [5.74, 6) is -0.223. The van der Waals surface area contributed by atoms with E-state index < -0.39 is 5.97 Å². The molecule has 1 fully saturated rings. The maximum absolute atomic E-state index is 10.9. The van der Waals surface area contributed by atoms with Gasteiger partial charge < -0.3 is 10.4 Å². The van der Waals surface area contributed by atoms with E-state index in [-0.39, 0.29) is 0 Å². The molecule has 3 nitrogen and oxygen atoms in total. The van der Waals surface area contributed by atoms with Gasteiger partial charge in [0.05, 0.1) is 5.56 Å². The molecule has 2 aromatic carbocycles. The number of carbonyl (C=O) groups is 1. The van der Waals surface area contributed by atoms with Crippen LogP contribution in [0.2, 0.25) is 0 Å². The molecule has 1 saturated carbocycles. The Morgan fingerprint density at radius 3 is 2.48 bits per heavy atom. The maximum atomic E-state index is 10.9. The van der Waals surface area contributed by atoms with Crippen molar-refractivity contribution in [2.24, 2.45) is 0 Å². The van der Waals surface area contributed by atoms with E-state index in [0.717, 1.165) is 12.1 Å². The molecule has 23 heavy (non-hydrogen) atoms. The summed E-state index contributed by atoms with van der Waals surface area (Å²) in [6, 6.07) is 18.5. The lowest BCUT2D eigenvalue weighted by molar-refractivity contribution is 0.0697. The Labute approximate surface area is 137 Å². The van der Waals surface area contributed by atoms with Crippen molar-refractivity contribution in [3.05, 3.63) is 71.3 Å². The zero-order chi connectivity index (χ0) is 16.1. The largest absolute Gasteiger partial charge is 0.478 e. The minimum atomic E-state index is -0.873. The molecule has 3 heteroatoms. The van der Waals surface area contributed by atoms with E-state index in [0.29, 0.717) is 17.5 Å². The van der Waals surface area contributed by atoms with Crippen LogP contribution in [0.25, 0.3) is 0 Å². The van der Waals surface area contributed by atoms with Gasteiger partial charge in [-0.25, -0.2) is 4.79 Å². The van der Waals surface area contributed by atoms with Crippen molar-refractivity contribution in [2.75, 3.05) is 0 Å². The van der Waals surface area contributed by atoms with Crippen molar-refractivity contribution in [2.45, 2.75) is 44.2 Å². The van der Waals surface area contributed by atoms with Gasteiger partial charge in [0.2, 0.25) is 0 Å². The Morgan fingerprint density at radius 2 is 1.78 bits per heavy atom. The third-order valence-electron chi connectivity index (χ3n) is 4.74. The molecule has 2 unspecified atom stereocenters. The molecule has 0 aliphatic heterocycles. The summed E-state index contributed by atoms with van der Waals surface area (Å²) in [5.41, 5.74) is 2.93. The zero-order valence-electron chi connectivity index (χ0n) is 13.2. The highest BCUT2D eigenvalue weighted by Crippen LogP contribution is 2.32. The first-order valence-electron chi connectivity index (χ1n) is 8.33. The van der Waals surface area contributed by atoms with Gasteiger partial charge >= 0.3 is 5.97 Å². The first-order chi connectivity index (χ1) is 11.2. The number of carboxylic acid groups (broad SMARTS) is 1. The molecule has 0 saturated heterocycles. The van der Waals surface area contributed by atoms with Crippen LogP contribution in [0.4, 0.5) is 0 Å². The summed E-state index contributed by atoms with van der Waals surface area (Å²) in [6.45, 7) is 0.798. The normalized spacial score (nSPS) is 21.0. The number of hydrogen-bond donors (Lipinski definition) is 2. The number of carboxylic acids is 1. The van der Waals surface area contributed by atoms with Crippen LogP contribution in [0.3, 0.4) is 0 Å². The molecule has 0 spiro atoms. The molecule has 2 N–H and O–H groups in total. The third kappa shape index (κ3) is 4.20. The van der Waals surface area contributed by atoms with Crippen molar-refractivity contribution in [1.29, 1.82) is 0 Å². The summed E-state index contributed by atoms with van der Waals surface area (Å²) >= 11 is 0. The second kappa shape index (κ2) is 7.42. The van der Waals surface area contributed by atoms with Gasteiger partial charge in [0.1, 0.15) is 0 Å². The first kappa shape index (κ1) is 15.8. The zero-order valence-corrected chi connectivity index (χ0v) is 13.2. The highest BCUT2D eigenvalue weighted by Gasteiger charge is 2.22. The molecule has 120 valence electrons. The molecule has 0 aromatic heterocycles. The summed E-state index contributed by atoms with van der Waals surface area (Å²) in [5, 5.41) is 12.6. The Bertz CT molecular complexity index is 636. The molecular formula is C20H23NO2. The molecule has 0 amide bonds. The quantitative estimate of drug-likeness (QED) is 0.870. The van der Waals surface area contributed by atoms with E-state index in [4.69, 9.17) is 5.11 Å². The van der Waals surface area contributed by atoms with Crippen LogP contribution in [-0.2, 0) is 6.54 Å². The molecule has 0 heterocycles. The Kier molecular flexibility index (Phi) is 5.09. The minimum absolute atomic E-state index is 0.343. The van der Waals surface area contributed by atoms with Crippen LogP contribution in [0.1, 0.15) is 53.1 Å². The summed E-state index contributed by atoms with van der Waals surface area (Å²) < 4.78 is 0. The molecular weight excluding hydrogens is 286 g/mol. The first-order valence-corrected chi connectivity index (χ1v) is 8.33. The smallest absolute Gasteiger partial charge is 0.335 e. The highest BCUT2D eigenvalue weighted by molar-refractivity contribution is 5.87. The van der Waals surface area contributed by atoms with E-state index in [1.807, 2.05) is 12.1 Å². The van der Waals surface area contributed by atoms with Crippen molar-refractivity contribution < 1.29 is 9.90 Å². The van der Waals surface area contributed by atoms with E-state index in [9.17, 15) is 4.79 Å². The molecule has 2 atom stereocenters. The van der Waals surface area contributed by atoms with Crippen molar-refractivity contribution in [3.63, 3.8) is 0 Å². The molecule has 2 aromatic rings. The summed E-state index contributed by atoms with van der Waals surface area (Å²) in [4.78, 5) is 10.9. The third-order valence-corrected chi connectivity index (χ3v) is 4.74. The number of benzene rings is 2. The van der Waals surface area contributed by atoms with Crippen LogP contribution < -0.4 is 5.32 Å². The van der Waals surface area contributed by atoms with E-state index in [2.05, 4.69) is 35.6 Å². The second-order valence-electron chi connectivity index (χ2n) is 6.35. The number of aromatic carboxylic acids is 1. The van der Waals surface area contributed by atoms with Crippen LogP contribution >= 0.6 is 0 Å². The number of nitrogens with one attached hydrogen (secondary N) is 1. The molecule has 1 aliphatic rings. The Hall–Kier alpha value is -2.13. The van der Waals surface area contributed by atoms with Crippen LogP contribution in [0, 0.1) is 0 Å². The van der Waals surface area contributed by atoms with E-state index in [1.54, 1.807) is 12.1 Å². The van der Waals surface area contributed by atoms with Gasteiger partial charge in [-0.2, -0.15) is 0 Å². The van der Waals surface area contributed by atoms with E-state index in [1.165, 1.54) is 31.2 Å². The Balaban J connectivity index is 1.54. The van der Waals surface area contributed by atoms with Gasteiger partial charge in [0, 0.05) is 12.6 Å². The highest BCUT2D eigenvalue weighted by atomic mass is 16.4. The Morgan fingerprint density at radius 1 is 1.04 bits per heavy atom. The van der Waals surface area contributed by atoms with Gasteiger partial charge in [-0.3, -0.25) is 0 Å². The molecule has 0 bridgehead atoms. The fraction of sp³-hybridized carbons (Fsp3) is 0.350. The van der Waals surface area contributed by atoms with Crippen LogP contribution in [0.15, 0.2) is 54.6 Å². The van der Waals surface area contributed by atoms with Gasteiger partial charge in [0.15, 0.2) is 0 Å². The topological polar surface area (TPSA) is 49.3 Å². The molecule has 0 radical (unpaired) electrons. The van der Waals surface area contributed by atoms with E-state index >= 15 is 0 Å². The van der Waals surface area contributed by atoms with Gasteiger partial charge in [-0.05, 0) is 48.4 Å². The average Bonchev–Trinajstić information content (AvgIpc) is 2.61. The van der Waals surface area contributed by atoms with Crippen molar-refractivity contribution in [3.8, 4) is 0 Å². The van der Waals surface area contributed by atoms with Gasteiger partial charge in [-0.15, -0.1) is 0 Å². The SMILES string of the molecule is O=C(O)c1ccc(CNC2CCCC(c3ccccc3)C2)cc1. The van der Waals surface area contributed by atoms with Crippen LogP contribution in [-0.4, -0.2) is 17.1 Å². The lowest BCUT2D eigenvalue weighted by Crippen LogP contribution is -2.33. The predicted octanol–water partition coefficient (Wildman–Crippen LogP) is 4.20. The average molecular weight is 309 g/mol. The summed E-state index contributed by atoms with van der Waals surface area (Å²) in [6.07, 6.45) is 4.93. The lowest BCUT2D eigenvalue weighted by Gasteiger charge is -2.30.